The Hall–Kier alpha value is -1.06. The Morgan fingerprint density at radius 3 is 2.24 bits per heavy atom. The molecule has 0 aromatic heterocycles. The van der Waals surface area contributed by atoms with Crippen LogP contribution in [0.2, 0.25) is 0 Å². The van der Waals surface area contributed by atoms with Crippen LogP contribution >= 0.6 is 0 Å². The molecule has 0 aromatic rings. The number of aliphatic carboxylic acids is 1. The van der Waals surface area contributed by atoms with Crippen molar-refractivity contribution in [1.29, 1.82) is 0 Å². The average Bonchev–Trinajstić information content (AvgIpc) is 2.60. The van der Waals surface area contributed by atoms with E-state index in [0.29, 0.717) is 18.3 Å². The first-order valence-corrected chi connectivity index (χ1v) is 8.36. The van der Waals surface area contributed by atoms with Gasteiger partial charge < -0.3 is 10.0 Å². The number of hydrogen-bond acceptors (Lipinski definition) is 2. The van der Waals surface area contributed by atoms with Crippen LogP contribution in [0.5, 0.6) is 0 Å². The van der Waals surface area contributed by atoms with Gasteiger partial charge in [0.05, 0.1) is 5.41 Å². The standard InChI is InChI=1S/C17H29NO3/c1-16(2)7-6-11-18(12-10-16)14(19)13-17(15(20)21)8-4-3-5-9-17/h3-13H2,1-2H3,(H,20,21). The predicted octanol–water partition coefficient (Wildman–Crippen LogP) is 3.45. The topological polar surface area (TPSA) is 57.6 Å². The van der Waals surface area contributed by atoms with E-state index in [1.807, 2.05) is 4.90 Å². The third kappa shape index (κ3) is 3.98. The van der Waals surface area contributed by atoms with Crippen molar-refractivity contribution >= 4 is 11.9 Å². The van der Waals surface area contributed by atoms with E-state index in [1.165, 1.54) is 0 Å². The SMILES string of the molecule is CC1(C)CCCN(C(=O)CC2(C(=O)O)CCCCC2)CC1. The van der Waals surface area contributed by atoms with Gasteiger partial charge in [-0.25, -0.2) is 0 Å². The van der Waals surface area contributed by atoms with Gasteiger partial charge in [-0.15, -0.1) is 0 Å². The normalized spacial score (nSPS) is 25.1. The lowest BCUT2D eigenvalue weighted by molar-refractivity contribution is -0.156. The number of carbonyl (C=O) groups excluding carboxylic acids is 1. The minimum absolute atomic E-state index is 0.0528. The number of carbonyl (C=O) groups is 2. The van der Waals surface area contributed by atoms with Gasteiger partial charge in [-0.1, -0.05) is 33.1 Å². The molecule has 21 heavy (non-hydrogen) atoms. The van der Waals surface area contributed by atoms with Crippen molar-refractivity contribution in [2.75, 3.05) is 13.1 Å². The Kier molecular flexibility index (Phi) is 4.95. The monoisotopic (exact) mass is 295 g/mol. The maximum Gasteiger partial charge on any atom is 0.310 e. The van der Waals surface area contributed by atoms with E-state index in [-0.39, 0.29) is 12.3 Å². The quantitative estimate of drug-likeness (QED) is 0.867. The average molecular weight is 295 g/mol. The van der Waals surface area contributed by atoms with Crippen LogP contribution in [0.3, 0.4) is 0 Å². The smallest absolute Gasteiger partial charge is 0.310 e. The highest BCUT2D eigenvalue weighted by Crippen LogP contribution is 2.40. The summed E-state index contributed by atoms with van der Waals surface area (Å²) in [5.74, 6) is -0.720. The summed E-state index contributed by atoms with van der Waals surface area (Å²) < 4.78 is 0. The van der Waals surface area contributed by atoms with Gasteiger partial charge in [0, 0.05) is 19.5 Å². The lowest BCUT2D eigenvalue weighted by Gasteiger charge is -2.34. The Balaban J connectivity index is 2.00. The summed E-state index contributed by atoms with van der Waals surface area (Å²) in [4.78, 5) is 26.2. The van der Waals surface area contributed by atoms with Crippen molar-refractivity contribution in [3.05, 3.63) is 0 Å². The van der Waals surface area contributed by atoms with Gasteiger partial charge in [-0.3, -0.25) is 9.59 Å². The van der Waals surface area contributed by atoms with E-state index >= 15 is 0 Å². The molecule has 2 aliphatic rings. The number of carboxylic acids is 1. The van der Waals surface area contributed by atoms with E-state index in [1.54, 1.807) is 0 Å². The second-order valence-electron chi connectivity index (χ2n) is 7.72. The molecule has 1 heterocycles. The molecular weight excluding hydrogens is 266 g/mol. The number of amides is 1. The first-order valence-electron chi connectivity index (χ1n) is 8.36. The zero-order valence-electron chi connectivity index (χ0n) is 13.5. The first kappa shape index (κ1) is 16.3. The summed E-state index contributed by atoms with van der Waals surface area (Å²) in [5, 5.41) is 9.60. The van der Waals surface area contributed by atoms with Crippen molar-refractivity contribution in [2.45, 2.75) is 71.6 Å². The molecule has 0 unspecified atom stereocenters. The summed E-state index contributed by atoms with van der Waals surface area (Å²) >= 11 is 0. The van der Waals surface area contributed by atoms with E-state index in [9.17, 15) is 14.7 Å². The van der Waals surface area contributed by atoms with Crippen LogP contribution in [-0.4, -0.2) is 35.0 Å². The minimum Gasteiger partial charge on any atom is -0.481 e. The van der Waals surface area contributed by atoms with Crippen molar-refractivity contribution in [3.8, 4) is 0 Å². The van der Waals surface area contributed by atoms with Gasteiger partial charge in [-0.05, 0) is 37.5 Å². The summed E-state index contributed by atoms with van der Waals surface area (Å²) in [7, 11) is 0. The van der Waals surface area contributed by atoms with Crippen molar-refractivity contribution in [1.82, 2.24) is 4.90 Å². The lowest BCUT2D eigenvalue weighted by Crippen LogP contribution is -2.41. The highest BCUT2D eigenvalue weighted by molar-refractivity contribution is 5.85. The Morgan fingerprint density at radius 1 is 0.952 bits per heavy atom. The highest BCUT2D eigenvalue weighted by atomic mass is 16.4. The zero-order chi connectivity index (χ0) is 15.5. The van der Waals surface area contributed by atoms with E-state index in [0.717, 1.165) is 51.6 Å². The second kappa shape index (κ2) is 6.37. The Bertz CT molecular complexity index is 397. The van der Waals surface area contributed by atoms with Crippen molar-refractivity contribution < 1.29 is 14.7 Å². The fraction of sp³-hybridized carbons (Fsp3) is 0.882. The third-order valence-electron chi connectivity index (χ3n) is 5.45. The minimum atomic E-state index is -0.794. The molecule has 1 aliphatic carbocycles. The number of rotatable bonds is 3. The van der Waals surface area contributed by atoms with Crippen LogP contribution in [0.15, 0.2) is 0 Å². The molecule has 0 aromatic carbocycles. The largest absolute Gasteiger partial charge is 0.481 e. The van der Waals surface area contributed by atoms with Gasteiger partial charge in [0.15, 0.2) is 0 Å². The van der Waals surface area contributed by atoms with Gasteiger partial charge >= 0.3 is 5.97 Å². The number of hydrogen-bond donors (Lipinski definition) is 1. The van der Waals surface area contributed by atoms with Crippen LogP contribution in [0.25, 0.3) is 0 Å². The maximum absolute atomic E-state index is 12.6. The number of nitrogens with zero attached hydrogens (tertiary/aromatic N) is 1. The lowest BCUT2D eigenvalue weighted by atomic mass is 9.71. The Labute approximate surface area is 127 Å². The molecule has 0 radical (unpaired) electrons. The van der Waals surface area contributed by atoms with Gasteiger partial charge in [0.1, 0.15) is 0 Å². The third-order valence-corrected chi connectivity index (χ3v) is 5.45. The zero-order valence-corrected chi connectivity index (χ0v) is 13.5. The predicted molar refractivity (Wildman–Crippen MR) is 82.0 cm³/mol. The molecule has 1 aliphatic heterocycles. The summed E-state index contributed by atoms with van der Waals surface area (Å²) in [5.41, 5.74) is -0.499. The fourth-order valence-corrected chi connectivity index (χ4v) is 3.77. The highest BCUT2D eigenvalue weighted by Gasteiger charge is 2.42. The Morgan fingerprint density at radius 2 is 1.62 bits per heavy atom. The first-order chi connectivity index (χ1) is 9.85. The molecule has 2 rings (SSSR count). The molecule has 0 spiro atoms. The fourth-order valence-electron chi connectivity index (χ4n) is 3.77. The molecule has 4 heteroatoms. The van der Waals surface area contributed by atoms with Crippen LogP contribution < -0.4 is 0 Å². The number of likely N-dealkylation sites (tertiary alicyclic amines) is 1. The molecule has 2 fully saturated rings. The summed E-state index contributed by atoms with van der Waals surface area (Å²) in [6.07, 6.45) is 7.67. The van der Waals surface area contributed by atoms with Gasteiger partial charge in [0.25, 0.3) is 0 Å². The van der Waals surface area contributed by atoms with Gasteiger partial charge in [0.2, 0.25) is 5.91 Å². The molecular formula is C17H29NO3. The molecule has 0 atom stereocenters. The molecule has 1 saturated heterocycles. The van der Waals surface area contributed by atoms with Gasteiger partial charge in [-0.2, -0.15) is 0 Å². The van der Waals surface area contributed by atoms with Crippen LogP contribution in [0, 0.1) is 10.8 Å². The van der Waals surface area contributed by atoms with Crippen LogP contribution in [0.4, 0.5) is 0 Å². The van der Waals surface area contributed by atoms with Crippen LogP contribution in [-0.2, 0) is 9.59 Å². The van der Waals surface area contributed by atoms with Crippen LogP contribution in [0.1, 0.15) is 71.6 Å². The summed E-state index contributed by atoms with van der Waals surface area (Å²) in [6, 6.07) is 0. The van der Waals surface area contributed by atoms with Crippen molar-refractivity contribution in [3.63, 3.8) is 0 Å². The molecule has 4 nitrogen and oxygen atoms in total. The number of carboxylic acid groups (broad SMARTS) is 1. The van der Waals surface area contributed by atoms with E-state index in [2.05, 4.69) is 13.8 Å². The van der Waals surface area contributed by atoms with Crippen molar-refractivity contribution in [2.24, 2.45) is 10.8 Å². The molecule has 0 bridgehead atoms. The van der Waals surface area contributed by atoms with E-state index < -0.39 is 11.4 Å². The summed E-state index contributed by atoms with van der Waals surface area (Å²) in [6.45, 7) is 6.07. The van der Waals surface area contributed by atoms with E-state index in [4.69, 9.17) is 0 Å². The molecule has 1 N–H and O–H groups in total. The molecule has 1 amide bonds. The molecule has 120 valence electrons. The maximum atomic E-state index is 12.6. The molecule has 1 saturated carbocycles. The second-order valence-corrected chi connectivity index (χ2v) is 7.72.